The number of rotatable bonds is 12. The zero-order chi connectivity index (χ0) is 36.4. The third-order valence-electron chi connectivity index (χ3n) is 8.49. The summed E-state index contributed by atoms with van der Waals surface area (Å²) < 4.78 is 39.2. The quantitative estimate of drug-likeness (QED) is 0.218. The summed E-state index contributed by atoms with van der Waals surface area (Å²) in [5.74, 6) is -2.25. The van der Waals surface area contributed by atoms with Gasteiger partial charge in [0.2, 0.25) is 27.7 Å². The van der Waals surface area contributed by atoms with E-state index in [1.54, 1.807) is 39.1 Å². The number of likely N-dealkylation sites (tertiary alicyclic amines) is 1. The van der Waals surface area contributed by atoms with E-state index >= 15 is 0 Å². The average molecular weight is 711 g/mol. The zero-order valence-electron chi connectivity index (χ0n) is 28.2. The maximum absolute atomic E-state index is 14.4. The molecule has 5 rings (SSSR count). The number of ether oxygens (including phenoxy) is 2. The van der Waals surface area contributed by atoms with Gasteiger partial charge in [-0.25, -0.2) is 27.7 Å². The minimum atomic E-state index is -4.02. The molecule has 2 aliphatic carbocycles. The van der Waals surface area contributed by atoms with Crippen molar-refractivity contribution in [2.24, 2.45) is 5.92 Å². The number of alkyl carbamates (subject to hydrolysis) is 1. The van der Waals surface area contributed by atoms with Crippen molar-refractivity contribution in [3.63, 3.8) is 0 Å². The fourth-order valence-corrected chi connectivity index (χ4v) is 7.05. The van der Waals surface area contributed by atoms with E-state index in [0.717, 1.165) is 16.4 Å². The molecule has 1 saturated heterocycles. The van der Waals surface area contributed by atoms with Crippen molar-refractivity contribution in [3.8, 4) is 5.88 Å². The van der Waals surface area contributed by atoms with Crippen LogP contribution in [-0.2, 0) is 29.1 Å². The summed E-state index contributed by atoms with van der Waals surface area (Å²) in [6.45, 7) is 11.5. The van der Waals surface area contributed by atoms with Crippen LogP contribution in [0.3, 0.4) is 0 Å². The monoisotopic (exact) mass is 710 g/mol. The number of aromatic nitrogens is 1. The molecule has 2 aromatic rings. The van der Waals surface area contributed by atoms with Gasteiger partial charge in [0.15, 0.2) is 0 Å². The largest absolute Gasteiger partial charge is 0.472 e. The first-order valence-electron chi connectivity index (χ1n) is 16.3. The number of nitrogens with zero attached hydrogens (tertiary/aromatic N) is 3. The van der Waals surface area contributed by atoms with Gasteiger partial charge in [0.1, 0.15) is 23.8 Å². The highest BCUT2D eigenvalue weighted by atomic mass is 32.2. The van der Waals surface area contributed by atoms with E-state index in [2.05, 4.69) is 28.8 Å². The van der Waals surface area contributed by atoms with Crippen LogP contribution < -0.4 is 20.1 Å². The van der Waals surface area contributed by atoms with Crippen LogP contribution in [0.4, 0.5) is 9.59 Å². The summed E-state index contributed by atoms with van der Waals surface area (Å²) in [7, 11) is -4.02. The van der Waals surface area contributed by atoms with Crippen LogP contribution in [0.5, 0.6) is 5.88 Å². The smallest absolute Gasteiger partial charge is 0.408 e. The lowest BCUT2D eigenvalue weighted by molar-refractivity contribution is -0.143. The molecule has 5 atom stereocenters. The standard InChI is InChI=1S/C34H42N6O9S/c1-6-20-16-26(20)40(32(44)38-50(46,47)23-12-13-23)31(43)27-17-22(48-29-24-11-9-8-10-21(24)14-15-35-29)19-39(27)30(42)25(18-36-28(41)7-2)37-33(45)49-34(3,4)5/h6-11,14-15,20,22-23,25-27H,1-2,12-13,16-19H2,3-5H3,(H,36,41)(H,37,45)(H,38,44). The van der Waals surface area contributed by atoms with Gasteiger partial charge in [-0.05, 0) is 69.5 Å². The first-order valence-corrected chi connectivity index (χ1v) is 17.9. The van der Waals surface area contributed by atoms with Gasteiger partial charge in [-0.1, -0.05) is 30.9 Å². The van der Waals surface area contributed by atoms with Gasteiger partial charge in [-0.3, -0.25) is 19.3 Å². The predicted octanol–water partition coefficient (Wildman–Crippen LogP) is 2.38. The Bertz CT molecular complexity index is 1800. The molecule has 6 amide bonds. The Morgan fingerprint density at radius 1 is 1.10 bits per heavy atom. The van der Waals surface area contributed by atoms with Gasteiger partial charge in [0, 0.05) is 30.6 Å². The molecule has 0 bridgehead atoms. The molecular formula is C34H42N6O9S. The number of benzene rings is 1. The molecule has 15 nitrogen and oxygen atoms in total. The second-order valence-electron chi connectivity index (χ2n) is 13.5. The van der Waals surface area contributed by atoms with E-state index in [-0.39, 0.29) is 31.3 Å². The normalized spacial score (nSPS) is 22.1. The molecule has 0 spiro atoms. The Kier molecular flexibility index (Phi) is 10.5. The summed E-state index contributed by atoms with van der Waals surface area (Å²) >= 11 is 0. The topological polar surface area (TPSA) is 193 Å². The molecule has 268 valence electrons. The molecule has 0 radical (unpaired) electrons. The minimum absolute atomic E-state index is 0.0989. The summed E-state index contributed by atoms with van der Waals surface area (Å²) in [4.78, 5) is 73.6. The summed E-state index contributed by atoms with van der Waals surface area (Å²) in [6, 6.07) is 4.62. The highest BCUT2D eigenvalue weighted by Gasteiger charge is 2.52. The number of pyridine rings is 1. The van der Waals surface area contributed by atoms with Crippen molar-refractivity contribution >= 4 is 50.6 Å². The van der Waals surface area contributed by atoms with Crippen LogP contribution in [0.15, 0.2) is 61.8 Å². The molecule has 2 saturated carbocycles. The Morgan fingerprint density at radius 3 is 2.46 bits per heavy atom. The number of urea groups is 1. The third-order valence-corrected chi connectivity index (χ3v) is 10.3. The number of fused-ring (bicyclic) bond motifs is 1. The Hall–Kier alpha value is -4.99. The second-order valence-corrected chi connectivity index (χ2v) is 15.5. The first kappa shape index (κ1) is 36.3. The molecule has 16 heteroatoms. The van der Waals surface area contributed by atoms with Gasteiger partial charge in [-0.15, -0.1) is 6.58 Å². The Balaban J connectivity index is 1.48. The van der Waals surface area contributed by atoms with E-state index < -0.39 is 74.9 Å². The fraction of sp³-hybridized carbons (Fsp3) is 0.471. The van der Waals surface area contributed by atoms with Crippen molar-refractivity contribution in [3.05, 3.63) is 61.8 Å². The van der Waals surface area contributed by atoms with Crippen LogP contribution in [0.1, 0.15) is 46.5 Å². The van der Waals surface area contributed by atoms with E-state index in [1.807, 2.05) is 29.0 Å². The van der Waals surface area contributed by atoms with Crippen LogP contribution in [0, 0.1) is 5.92 Å². The lowest BCUT2D eigenvalue weighted by Gasteiger charge is -2.32. The van der Waals surface area contributed by atoms with Gasteiger partial charge in [-0.2, -0.15) is 0 Å². The maximum atomic E-state index is 14.4. The summed E-state index contributed by atoms with van der Waals surface area (Å²) in [5, 5.41) is 5.79. The molecule has 3 N–H and O–H groups in total. The number of imide groups is 1. The number of amides is 6. The molecule has 1 aliphatic heterocycles. The molecule has 1 aromatic heterocycles. The van der Waals surface area contributed by atoms with E-state index in [1.165, 1.54) is 4.90 Å². The second kappa shape index (κ2) is 14.5. The lowest BCUT2D eigenvalue weighted by atomic mass is 10.1. The molecule has 2 heterocycles. The van der Waals surface area contributed by atoms with Crippen molar-refractivity contribution in [1.29, 1.82) is 0 Å². The maximum Gasteiger partial charge on any atom is 0.408 e. The van der Waals surface area contributed by atoms with E-state index in [9.17, 15) is 32.4 Å². The molecule has 3 aliphatic rings. The molecule has 3 fully saturated rings. The SMILES string of the molecule is C=CC(=O)NCC(NC(=O)OC(C)(C)C)C(=O)N1CC(Oc2nccc3ccccc23)CC1C(=O)N(C(=O)NS(=O)(=O)C1CC1)C1CC1C=C. The summed E-state index contributed by atoms with van der Waals surface area (Å²) in [6.07, 6.45) is 3.44. The predicted molar refractivity (Wildman–Crippen MR) is 182 cm³/mol. The highest BCUT2D eigenvalue weighted by Crippen LogP contribution is 2.39. The van der Waals surface area contributed by atoms with Gasteiger partial charge >= 0.3 is 12.1 Å². The fourth-order valence-electron chi connectivity index (χ4n) is 5.79. The van der Waals surface area contributed by atoms with Crippen LogP contribution in [0.2, 0.25) is 0 Å². The summed E-state index contributed by atoms with van der Waals surface area (Å²) in [5.41, 5.74) is -0.917. The number of hydrogen-bond donors (Lipinski definition) is 3. The minimum Gasteiger partial charge on any atom is -0.472 e. The molecule has 1 aromatic carbocycles. The van der Waals surface area contributed by atoms with Crippen molar-refractivity contribution in [1.82, 2.24) is 30.1 Å². The number of carbonyl (C=O) groups excluding carboxylic acids is 5. The van der Waals surface area contributed by atoms with Crippen LogP contribution >= 0.6 is 0 Å². The Morgan fingerprint density at radius 2 is 1.82 bits per heavy atom. The van der Waals surface area contributed by atoms with Crippen molar-refractivity contribution in [2.75, 3.05) is 13.1 Å². The average Bonchev–Trinajstić information content (AvgIpc) is 3.99. The number of sulfonamides is 1. The van der Waals surface area contributed by atoms with Crippen LogP contribution in [-0.4, -0.2) is 101 Å². The van der Waals surface area contributed by atoms with Gasteiger partial charge < -0.3 is 25.0 Å². The lowest BCUT2D eigenvalue weighted by Crippen LogP contribution is -2.59. The molecular weight excluding hydrogens is 668 g/mol. The Labute approximate surface area is 290 Å². The van der Waals surface area contributed by atoms with Crippen molar-refractivity contribution < 1.29 is 41.9 Å². The third kappa shape index (κ3) is 8.59. The highest BCUT2D eigenvalue weighted by molar-refractivity contribution is 7.90. The van der Waals surface area contributed by atoms with Gasteiger partial charge in [0.25, 0.3) is 5.91 Å². The first-order chi connectivity index (χ1) is 23.6. The molecule has 50 heavy (non-hydrogen) atoms. The number of nitrogens with one attached hydrogen (secondary N) is 3. The zero-order valence-corrected chi connectivity index (χ0v) is 29.0. The van der Waals surface area contributed by atoms with Gasteiger partial charge in [0.05, 0.1) is 11.8 Å². The molecule has 5 unspecified atom stereocenters. The number of hydrogen-bond acceptors (Lipinski definition) is 10. The number of carbonyl (C=O) groups is 5. The van der Waals surface area contributed by atoms with E-state index in [0.29, 0.717) is 24.6 Å². The van der Waals surface area contributed by atoms with E-state index in [4.69, 9.17) is 9.47 Å². The van der Waals surface area contributed by atoms with Crippen LogP contribution in [0.25, 0.3) is 10.8 Å². The van der Waals surface area contributed by atoms with Crippen molar-refractivity contribution in [2.45, 2.75) is 81.5 Å².